The largest absolute Gasteiger partial charge is 0.289 e. The third-order valence-electron chi connectivity index (χ3n) is 2.85. The normalized spacial score (nSPS) is 11.8. The molecule has 0 saturated heterocycles. The first-order chi connectivity index (χ1) is 11.9. The molecule has 1 aromatic carbocycles. The van der Waals surface area contributed by atoms with Crippen molar-refractivity contribution < 1.29 is 16.8 Å². The van der Waals surface area contributed by atoms with E-state index in [2.05, 4.69) is 24.4 Å². The summed E-state index contributed by atoms with van der Waals surface area (Å²) in [5, 5.41) is 1.54. The minimum absolute atomic E-state index is 0.0582. The van der Waals surface area contributed by atoms with Crippen LogP contribution in [0.3, 0.4) is 0 Å². The standard InChI is InChI=1S/C13H11N5O4S3/c19-24(20,18-12-14-6-1-7-15-12)11-4-2-10(3-5-11)17-25(21,22)13-16-8-9-23-13/h1-9,17H,(H,14,15,18). The molecule has 2 N–H and O–H groups in total. The van der Waals surface area contributed by atoms with E-state index in [0.29, 0.717) is 0 Å². The zero-order valence-corrected chi connectivity index (χ0v) is 14.8. The van der Waals surface area contributed by atoms with Gasteiger partial charge >= 0.3 is 0 Å². The van der Waals surface area contributed by atoms with Gasteiger partial charge in [-0.2, -0.15) is 8.42 Å². The summed E-state index contributed by atoms with van der Waals surface area (Å²) < 4.78 is 53.1. The van der Waals surface area contributed by atoms with Gasteiger partial charge in [-0.15, -0.1) is 11.3 Å². The molecule has 0 atom stereocenters. The maximum atomic E-state index is 12.2. The molecular weight excluding hydrogens is 386 g/mol. The lowest BCUT2D eigenvalue weighted by atomic mass is 10.3. The molecule has 25 heavy (non-hydrogen) atoms. The summed E-state index contributed by atoms with van der Waals surface area (Å²) in [7, 11) is -7.67. The summed E-state index contributed by atoms with van der Waals surface area (Å²) in [4.78, 5) is 11.2. The van der Waals surface area contributed by atoms with Crippen molar-refractivity contribution >= 4 is 43.0 Å². The molecule has 2 heterocycles. The van der Waals surface area contributed by atoms with Gasteiger partial charge in [0.2, 0.25) is 10.3 Å². The highest BCUT2D eigenvalue weighted by Crippen LogP contribution is 2.20. The summed E-state index contributed by atoms with van der Waals surface area (Å²) in [5.41, 5.74) is 0.213. The first kappa shape index (κ1) is 17.3. The number of nitrogens with one attached hydrogen (secondary N) is 2. The first-order valence-corrected chi connectivity index (χ1v) is 10.5. The second-order valence-electron chi connectivity index (χ2n) is 4.61. The van der Waals surface area contributed by atoms with E-state index in [4.69, 9.17) is 0 Å². The van der Waals surface area contributed by atoms with E-state index in [1.54, 1.807) is 11.4 Å². The molecule has 0 aliphatic heterocycles. The third kappa shape index (κ3) is 4.10. The van der Waals surface area contributed by atoms with Gasteiger partial charge in [-0.1, -0.05) is 0 Å². The Labute approximate surface area is 147 Å². The van der Waals surface area contributed by atoms with Crippen LogP contribution in [0.4, 0.5) is 11.6 Å². The number of nitrogens with zero attached hydrogens (tertiary/aromatic N) is 3. The Hall–Kier alpha value is -2.57. The van der Waals surface area contributed by atoms with Crippen LogP contribution in [0.2, 0.25) is 0 Å². The summed E-state index contributed by atoms with van der Waals surface area (Å²) >= 11 is 0.976. The number of hydrogen-bond acceptors (Lipinski definition) is 8. The number of hydrogen-bond donors (Lipinski definition) is 2. The molecule has 0 radical (unpaired) electrons. The molecule has 2 aromatic heterocycles. The lowest BCUT2D eigenvalue weighted by molar-refractivity contribution is 0.599. The second kappa shape index (κ2) is 6.74. The Morgan fingerprint density at radius 1 is 0.800 bits per heavy atom. The molecule has 3 aromatic rings. The van der Waals surface area contributed by atoms with Crippen LogP contribution in [-0.4, -0.2) is 31.8 Å². The van der Waals surface area contributed by atoms with Crippen LogP contribution in [-0.2, 0) is 20.0 Å². The van der Waals surface area contributed by atoms with Gasteiger partial charge in [0.1, 0.15) is 0 Å². The summed E-state index contributed by atoms with van der Waals surface area (Å²) in [6.07, 6.45) is 4.19. The highest BCUT2D eigenvalue weighted by Gasteiger charge is 2.19. The molecule has 12 heteroatoms. The second-order valence-corrected chi connectivity index (χ2v) is 9.04. The van der Waals surface area contributed by atoms with Gasteiger partial charge in [-0.05, 0) is 30.3 Å². The molecule has 0 aliphatic carbocycles. The SMILES string of the molecule is O=S(=O)(Nc1ncccn1)c1ccc(NS(=O)(=O)c2nccs2)cc1. The van der Waals surface area contributed by atoms with E-state index in [1.807, 2.05) is 0 Å². The molecule has 0 unspecified atom stereocenters. The van der Waals surface area contributed by atoms with E-state index in [1.165, 1.54) is 42.9 Å². The topological polar surface area (TPSA) is 131 Å². The number of rotatable bonds is 6. The van der Waals surface area contributed by atoms with Crippen molar-refractivity contribution in [1.29, 1.82) is 0 Å². The van der Waals surface area contributed by atoms with Crippen molar-refractivity contribution in [3.05, 3.63) is 54.3 Å². The van der Waals surface area contributed by atoms with Crippen LogP contribution in [0.5, 0.6) is 0 Å². The monoisotopic (exact) mass is 397 g/mol. The lowest BCUT2D eigenvalue weighted by Crippen LogP contribution is -2.15. The predicted molar refractivity (Wildman–Crippen MR) is 92.2 cm³/mol. The fraction of sp³-hybridized carbons (Fsp3) is 0. The zero-order chi connectivity index (χ0) is 17.9. The van der Waals surface area contributed by atoms with E-state index in [9.17, 15) is 16.8 Å². The van der Waals surface area contributed by atoms with E-state index >= 15 is 0 Å². The quantitative estimate of drug-likeness (QED) is 0.645. The molecule has 0 amide bonds. The fourth-order valence-corrected chi connectivity index (χ4v) is 4.62. The minimum Gasteiger partial charge on any atom is -0.278 e. The van der Waals surface area contributed by atoms with E-state index in [0.717, 1.165) is 11.3 Å². The number of aromatic nitrogens is 3. The molecule has 0 bridgehead atoms. The van der Waals surface area contributed by atoms with Crippen LogP contribution < -0.4 is 9.44 Å². The highest BCUT2D eigenvalue weighted by molar-refractivity contribution is 7.94. The van der Waals surface area contributed by atoms with Crippen LogP contribution in [0.15, 0.2) is 63.5 Å². The van der Waals surface area contributed by atoms with Crippen molar-refractivity contribution in [3.63, 3.8) is 0 Å². The number of benzene rings is 1. The van der Waals surface area contributed by atoms with E-state index in [-0.39, 0.29) is 20.9 Å². The van der Waals surface area contributed by atoms with Crippen molar-refractivity contribution in [2.24, 2.45) is 0 Å². The number of thiazole rings is 1. The molecule has 0 aliphatic rings. The van der Waals surface area contributed by atoms with Crippen molar-refractivity contribution in [2.75, 3.05) is 9.44 Å². The highest BCUT2D eigenvalue weighted by atomic mass is 32.2. The Morgan fingerprint density at radius 3 is 2.08 bits per heavy atom. The van der Waals surface area contributed by atoms with Crippen LogP contribution >= 0.6 is 11.3 Å². The summed E-state index contributed by atoms with van der Waals surface area (Å²) in [6.45, 7) is 0. The Morgan fingerprint density at radius 2 is 1.48 bits per heavy atom. The van der Waals surface area contributed by atoms with Gasteiger partial charge in [-0.25, -0.2) is 28.1 Å². The predicted octanol–water partition coefficient (Wildman–Crippen LogP) is 1.53. The Kier molecular flexibility index (Phi) is 4.65. The Balaban J connectivity index is 1.78. The zero-order valence-electron chi connectivity index (χ0n) is 12.4. The molecule has 3 rings (SSSR count). The molecule has 0 saturated carbocycles. The van der Waals surface area contributed by atoms with Gasteiger partial charge < -0.3 is 0 Å². The first-order valence-electron chi connectivity index (χ1n) is 6.69. The van der Waals surface area contributed by atoms with Crippen LogP contribution in [0, 0.1) is 0 Å². The average Bonchev–Trinajstić information content (AvgIpc) is 3.11. The van der Waals surface area contributed by atoms with Crippen LogP contribution in [0.25, 0.3) is 0 Å². The third-order valence-corrected chi connectivity index (χ3v) is 6.77. The maximum Gasteiger partial charge on any atom is 0.289 e. The van der Waals surface area contributed by atoms with Crippen LogP contribution in [0.1, 0.15) is 0 Å². The maximum absolute atomic E-state index is 12.2. The smallest absolute Gasteiger partial charge is 0.278 e. The van der Waals surface area contributed by atoms with E-state index < -0.39 is 20.0 Å². The fourth-order valence-electron chi connectivity index (χ4n) is 1.77. The van der Waals surface area contributed by atoms with Gasteiger partial charge in [0, 0.05) is 29.7 Å². The van der Waals surface area contributed by atoms with Crippen molar-refractivity contribution in [1.82, 2.24) is 15.0 Å². The molecule has 0 spiro atoms. The van der Waals surface area contributed by atoms with Crippen molar-refractivity contribution in [3.8, 4) is 0 Å². The minimum atomic E-state index is -3.88. The lowest BCUT2D eigenvalue weighted by Gasteiger charge is -2.08. The molecule has 9 nitrogen and oxygen atoms in total. The Bertz CT molecular complexity index is 1050. The summed E-state index contributed by atoms with van der Waals surface area (Å²) in [5.74, 6) is -0.0592. The number of anilines is 2. The summed E-state index contributed by atoms with van der Waals surface area (Å²) in [6, 6.07) is 6.77. The van der Waals surface area contributed by atoms with Gasteiger partial charge in [-0.3, -0.25) is 4.72 Å². The van der Waals surface area contributed by atoms with Crippen molar-refractivity contribution in [2.45, 2.75) is 9.24 Å². The molecular formula is C13H11N5O4S3. The average molecular weight is 397 g/mol. The van der Waals surface area contributed by atoms with Gasteiger partial charge in [0.05, 0.1) is 4.90 Å². The molecule has 0 fully saturated rings. The molecule has 130 valence electrons. The van der Waals surface area contributed by atoms with Gasteiger partial charge in [0.15, 0.2) is 0 Å². The van der Waals surface area contributed by atoms with Gasteiger partial charge in [0.25, 0.3) is 20.0 Å². The number of sulfonamides is 2.